The molecule has 0 unspecified atom stereocenters. The van der Waals surface area contributed by atoms with Crippen molar-refractivity contribution in [1.29, 1.82) is 0 Å². The molecule has 0 saturated carbocycles. The van der Waals surface area contributed by atoms with Crippen LogP contribution in [0.5, 0.6) is 0 Å². The van der Waals surface area contributed by atoms with E-state index in [1.165, 1.54) is 41.5 Å². The number of piperidine rings is 1. The van der Waals surface area contributed by atoms with E-state index in [-0.39, 0.29) is 0 Å². The van der Waals surface area contributed by atoms with Gasteiger partial charge in [0.2, 0.25) is 0 Å². The van der Waals surface area contributed by atoms with E-state index in [4.69, 9.17) is 0 Å². The number of aromatic amines is 2. The zero-order valence-electron chi connectivity index (χ0n) is 12.2. The SMILES string of the molecule is Cc1cnc2[nH]cc(-c3cn[nH]c3)c2c1N1CCCCC1. The number of hydrogen-bond acceptors (Lipinski definition) is 3. The highest BCUT2D eigenvalue weighted by Gasteiger charge is 2.20. The number of nitrogens with zero attached hydrogens (tertiary/aromatic N) is 3. The van der Waals surface area contributed by atoms with Gasteiger partial charge in [0, 0.05) is 42.8 Å². The van der Waals surface area contributed by atoms with Crippen LogP contribution in [0, 0.1) is 6.92 Å². The van der Waals surface area contributed by atoms with E-state index in [0.29, 0.717) is 0 Å². The fourth-order valence-corrected chi connectivity index (χ4v) is 3.32. The van der Waals surface area contributed by atoms with Crippen molar-refractivity contribution in [2.45, 2.75) is 26.2 Å². The molecule has 0 spiro atoms. The Bertz CT molecular complexity index is 750. The predicted octanol–water partition coefficient (Wildman–Crippen LogP) is 3.25. The third-order valence-electron chi connectivity index (χ3n) is 4.34. The second kappa shape index (κ2) is 4.91. The van der Waals surface area contributed by atoms with Gasteiger partial charge in [-0.25, -0.2) is 4.98 Å². The van der Waals surface area contributed by atoms with Crippen molar-refractivity contribution in [3.63, 3.8) is 0 Å². The predicted molar refractivity (Wildman–Crippen MR) is 84.5 cm³/mol. The van der Waals surface area contributed by atoms with Crippen LogP contribution in [-0.2, 0) is 0 Å². The van der Waals surface area contributed by atoms with Crippen molar-refractivity contribution in [3.05, 3.63) is 30.4 Å². The molecule has 0 bridgehead atoms. The summed E-state index contributed by atoms with van der Waals surface area (Å²) in [6, 6.07) is 0. The molecule has 4 heterocycles. The molecule has 0 aliphatic carbocycles. The molecule has 3 aromatic rings. The Labute approximate surface area is 123 Å². The molecule has 4 rings (SSSR count). The number of hydrogen-bond donors (Lipinski definition) is 2. The maximum absolute atomic E-state index is 4.55. The average Bonchev–Trinajstić information content (AvgIpc) is 3.16. The number of aromatic nitrogens is 4. The smallest absolute Gasteiger partial charge is 0.139 e. The maximum Gasteiger partial charge on any atom is 0.139 e. The summed E-state index contributed by atoms with van der Waals surface area (Å²) in [5.41, 5.74) is 5.81. The Morgan fingerprint density at radius 2 is 1.95 bits per heavy atom. The van der Waals surface area contributed by atoms with Gasteiger partial charge in [-0.05, 0) is 31.7 Å². The van der Waals surface area contributed by atoms with Crippen molar-refractivity contribution in [1.82, 2.24) is 20.2 Å². The molecular weight excluding hydrogens is 262 g/mol. The lowest BCUT2D eigenvalue weighted by Gasteiger charge is -2.30. The first-order valence-electron chi connectivity index (χ1n) is 7.55. The minimum atomic E-state index is 0.956. The average molecular weight is 281 g/mol. The van der Waals surface area contributed by atoms with Gasteiger partial charge in [-0.2, -0.15) is 5.10 Å². The van der Waals surface area contributed by atoms with Gasteiger partial charge < -0.3 is 9.88 Å². The van der Waals surface area contributed by atoms with Crippen LogP contribution in [0.3, 0.4) is 0 Å². The lowest BCUT2D eigenvalue weighted by Crippen LogP contribution is -2.30. The Hall–Kier alpha value is -2.30. The molecular formula is C16H19N5. The van der Waals surface area contributed by atoms with Crippen LogP contribution in [0.4, 0.5) is 5.69 Å². The molecule has 5 heteroatoms. The number of nitrogens with one attached hydrogen (secondary N) is 2. The highest BCUT2D eigenvalue weighted by atomic mass is 15.1. The molecule has 0 atom stereocenters. The molecule has 1 fully saturated rings. The topological polar surface area (TPSA) is 60.6 Å². The molecule has 1 aliphatic heterocycles. The van der Waals surface area contributed by atoms with E-state index < -0.39 is 0 Å². The van der Waals surface area contributed by atoms with Gasteiger partial charge in [0.05, 0.1) is 17.3 Å². The van der Waals surface area contributed by atoms with Gasteiger partial charge in [-0.15, -0.1) is 0 Å². The Morgan fingerprint density at radius 1 is 1.10 bits per heavy atom. The first kappa shape index (κ1) is 12.4. The normalized spacial score (nSPS) is 15.8. The third-order valence-corrected chi connectivity index (χ3v) is 4.34. The first-order valence-corrected chi connectivity index (χ1v) is 7.55. The van der Waals surface area contributed by atoms with Crippen molar-refractivity contribution in [2.75, 3.05) is 18.0 Å². The first-order chi connectivity index (χ1) is 10.3. The van der Waals surface area contributed by atoms with Crippen molar-refractivity contribution in [2.24, 2.45) is 0 Å². The van der Waals surface area contributed by atoms with Crippen molar-refractivity contribution < 1.29 is 0 Å². The van der Waals surface area contributed by atoms with Gasteiger partial charge in [-0.3, -0.25) is 5.10 Å². The third kappa shape index (κ3) is 2.00. The summed E-state index contributed by atoms with van der Waals surface area (Å²) in [5, 5.41) is 8.20. The molecule has 2 N–H and O–H groups in total. The Morgan fingerprint density at radius 3 is 2.71 bits per heavy atom. The summed E-state index contributed by atoms with van der Waals surface area (Å²) in [6.07, 6.45) is 11.7. The second-order valence-electron chi connectivity index (χ2n) is 5.75. The van der Waals surface area contributed by atoms with Crippen LogP contribution in [0.2, 0.25) is 0 Å². The fraction of sp³-hybridized carbons (Fsp3) is 0.375. The molecule has 0 amide bonds. The fourth-order valence-electron chi connectivity index (χ4n) is 3.32. The van der Waals surface area contributed by atoms with E-state index in [9.17, 15) is 0 Å². The summed E-state index contributed by atoms with van der Waals surface area (Å²) < 4.78 is 0. The standard InChI is InChI=1S/C16H19N5/c1-11-7-17-16-14(15(11)21-5-3-2-4-6-21)13(10-18-16)12-8-19-20-9-12/h7-10H,2-6H2,1H3,(H,17,18)(H,19,20). The summed E-state index contributed by atoms with van der Waals surface area (Å²) in [6.45, 7) is 4.43. The van der Waals surface area contributed by atoms with Crippen LogP contribution in [0.15, 0.2) is 24.8 Å². The molecule has 0 aromatic carbocycles. The lowest BCUT2D eigenvalue weighted by molar-refractivity contribution is 0.578. The van der Waals surface area contributed by atoms with Gasteiger partial charge in [0.25, 0.3) is 0 Å². The van der Waals surface area contributed by atoms with Gasteiger partial charge in [0.1, 0.15) is 5.65 Å². The number of rotatable bonds is 2. The highest BCUT2D eigenvalue weighted by molar-refractivity contribution is 6.03. The van der Waals surface area contributed by atoms with Crippen LogP contribution in [0.1, 0.15) is 24.8 Å². The number of aryl methyl sites for hydroxylation is 1. The monoisotopic (exact) mass is 281 g/mol. The van der Waals surface area contributed by atoms with E-state index in [1.807, 2.05) is 24.8 Å². The van der Waals surface area contributed by atoms with Crippen molar-refractivity contribution >= 4 is 16.7 Å². The van der Waals surface area contributed by atoms with E-state index >= 15 is 0 Å². The van der Waals surface area contributed by atoms with Crippen LogP contribution < -0.4 is 4.90 Å². The van der Waals surface area contributed by atoms with Crippen molar-refractivity contribution in [3.8, 4) is 11.1 Å². The van der Waals surface area contributed by atoms with E-state index in [2.05, 4.69) is 32.0 Å². The number of anilines is 1. The summed E-state index contributed by atoms with van der Waals surface area (Å²) in [5.74, 6) is 0. The summed E-state index contributed by atoms with van der Waals surface area (Å²) in [4.78, 5) is 10.4. The molecule has 5 nitrogen and oxygen atoms in total. The van der Waals surface area contributed by atoms with Crippen LogP contribution >= 0.6 is 0 Å². The van der Waals surface area contributed by atoms with E-state index in [0.717, 1.165) is 24.3 Å². The number of H-pyrrole nitrogens is 2. The van der Waals surface area contributed by atoms with E-state index in [1.54, 1.807) is 0 Å². The molecule has 0 radical (unpaired) electrons. The van der Waals surface area contributed by atoms with Gasteiger partial charge >= 0.3 is 0 Å². The Kier molecular flexibility index (Phi) is 2.91. The summed E-state index contributed by atoms with van der Waals surface area (Å²) in [7, 11) is 0. The number of pyridine rings is 1. The summed E-state index contributed by atoms with van der Waals surface area (Å²) >= 11 is 0. The number of fused-ring (bicyclic) bond motifs is 1. The zero-order valence-corrected chi connectivity index (χ0v) is 12.2. The van der Waals surface area contributed by atoms with Gasteiger partial charge in [-0.1, -0.05) is 0 Å². The minimum absolute atomic E-state index is 0.956. The Balaban J connectivity index is 1.95. The quantitative estimate of drug-likeness (QED) is 0.758. The molecule has 1 saturated heterocycles. The molecule has 1 aliphatic rings. The minimum Gasteiger partial charge on any atom is -0.371 e. The van der Waals surface area contributed by atoms with Crippen LogP contribution in [0.25, 0.3) is 22.2 Å². The maximum atomic E-state index is 4.55. The largest absolute Gasteiger partial charge is 0.371 e. The lowest BCUT2D eigenvalue weighted by atomic mass is 10.0. The molecule has 21 heavy (non-hydrogen) atoms. The zero-order chi connectivity index (χ0) is 14.2. The molecule has 108 valence electrons. The van der Waals surface area contributed by atoms with Gasteiger partial charge in [0.15, 0.2) is 0 Å². The van der Waals surface area contributed by atoms with Crippen LogP contribution in [-0.4, -0.2) is 33.3 Å². The highest BCUT2D eigenvalue weighted by Crippen LogP contribution is 2.37. The second-order valence-corrected chi connectivity index (χ2v) is 5.75. The molecule has 3 aromatic heterocycles.